The Hall–Kier alpha value is -1.67. The van der Waals surface area contributed by atoms with Crippen LogP contribution in [0.25, 0.3) is 0 Å². The lowest BCUT2D eigenvalue weighted by atomic mass is 9.77. The Morgan fingerprint density at radius 1 is 1.23 bits per heavy atom. The first-order valence-electron chi connectivity index (χ1n) is 11.6. The van der Waals surface area contributed by atoms with Crippen molar-refractivity contribution in [3.8, 4) is 5.75 Å². The third-order valence-corrected chi connectivity index (χ3v) is 9.95. The van der Waals surface area contributed by atoms with E-state index >= 15 is 4.39 Å². The van der Waals surface area contributed by atoms with Crippen molar-refractivity contribution in [1.29, 1.82) is 0 Å². The van der Waals surface area contributed by atoms with Crippen molar-refractivity contribution in [2.45, 2.75) is 63.9 Å². The van der Waals surface area contributed by atoms with Crippen molar-refractivity contribution in [2.24, 2.45) is 23.2 Å². The lowest BCUT2D eigenvalue weighted by Crippen LogP contribution is -2.49. The number of amides is 1. The summed E-state index contributed by atoms with van der Waals surface area (Å²) in [6.45, 7) is 3.14. The van der Waals surface area contributed by atoms with Gasteiger partial charge in [0, 0.05) is 25.1 Å². The summed E-state index contributed by atoms with van der Waals surface area (Å²) in [5.41, 5.74) is 0.969. The van der Waals surface area contributed by atoms with E-state index in [0.717, 1.165) is 30.7 Å². The Morgan fingerprint density at radius 3 is 2.65 bits per heavy atom. The summed E-state index contributed by atoms with van der Waals surface area (Å²) in [7, 11) is -3.92. The lowest BCUT2D eigenvalue weighted by Gasteiger charge is -2.33. The topological polar surface area (TPSA) is 75.7 Å². The zero-order valence-electron chi connectivity index (χ0n) is 17.8. The van der Waals surface area contributed by atoms with Crippen molar-refractivity contribution >= 4 is 16.1 Å². The summed E-state index contributed by atoms with van der Waals surface area (Å²) in [5, 5.41) is 0. The molecule has 7 rings (SSSR count). The Balaban J connectivity index is 1.27. The van der Waals surface area contributed by atoms with Gasteiger partial charge in [0.1, 0.15) is 17.7 Å². The number of hydrogen-bond donors (Lipinski definition) is 1. The first-order chi connectivity index (χ1) is 14.7. The zero-order chi connectivity index (χ0) is 21.5. The smallest absolute Gasteiger partial charge is 0.304 e. The molecule has 6 aliphatic rings. The SMILES string of the molecule is C[C@]12CC3CC(C1)[C@@H](Oc1cc(F)c(C(=O)NS(=O)(=O)N4CCC4)cc1C1CC1)C2C3. The van der Waals surface area contributed by atoms with E-state index in [1.807, 2.05) is 4.72 Å². The van der Waals surface area contributed by atoms with Gasteiger partial charge in [0.15, 0.2) is 0 Å². The molecule has 1 aliphatic heterocycles. The number of rotatable bonds is 6. The highest BCUT2D eigenvalue weighted by Crippen LogP contribution is 2.66. The van der Waals surface area contributed by atoms with Crippen LogP contribution in [-0.4, -0.2) is 37.8 Å². The van der Waals surface area contributed by atoms with Gasteiger partial charge in [0.2, 0.25) is 0 Å². The van der Waals surface area contributed by atoms with Crippen molar-refractivity contribution in [3.63, 3.8) is 0 Å². The Labute approximate surface area is 182 Å². The molecule has 0 spiro atoms. The largest absolute Gasteiger partial charge is 0.489 e. The minimum Gasteiger partial charge on any atom is -0.489 e. The van der Waals surface area contributed by atoms with Gasteiger partial charge in [-0.25, -0.2) is 9.11 Å². The number of halogens is 1. The predicted molar refractivity (Wildman–Crippen MR) is 112 cm³/mol. The molecule has 1 heterocycles. The van der Waals surface area contributed by atoms with Gasteiger partial charge in [0.05, 0.1) is 5.56 Å². The number of carbonyl (C=O) groups is 1. The molecule has 6 nitrogen and oxygen atoms in total. The molecular weight excluding hydrogens is 419 g/mol. The third kappa shape index (κ3) is 3.20. The number of benzene rings is 1. The van der Waals surface area contributed by atoms with Gasteiger partial charge >= 0.3 is 10.2 Å². The van der Waals surface area contributed by atoms with Gasteiger partial charge in [-0.15, -0.1) is 0 Å². The number of hydrogen-bond acceptors (Lipinski definition) is 4. The van der Waals surface area contributed by atoms with Gasteiger partial charge in [-0.2, -0.15) is 12.7 Å². The maximum absolute atomic E-state index is 15.0. The summed E-state index contributed by atoms with van der Waals surface area (Å²) in [5.74, 6) is 1.02. The minimum atomic E-state index is -3.92. The molecule has 168 valence electrons. The highest BCUT2D eigenvalue weighted by Gasteiger charge is 2.61. The molecule has 1 amide bonds. The molecule has 6 fully saturated rings. The molecule has 0 radical (unpaired) electrons. The Bertz CT molecular complexity index is 1050. The van der Waals surface area contributed by atoms with Gasteiger partial charge < -0.3 is 4.74 Å². The van der Waals surface area contributed by atoms with E-state index in [0.29, 0.717) is 36.1 Å². The monoisotopic (exact) mass is 448 g/mol. The van der Waals surface area contributed by atoms with E-state index < -0.39 is 21.9 Å². The van der Waals surface area contributed by atoms with E-state index in [1.165, 1.54) is 42.1 Å². The van der Waals surface area contributed by atoms with Crippen LogP contribution >= 0.6 is 0 Å². The van der Waals surface area contributed by atoms with E-state index in [-0.39, 0.29) is 17.6 Å². The van der Waals surface area contributed by atoms with E-state index in [2.05, 4.69) is 6.92 Å². The molecular formula is C23H29FN2O4S. The second-order valence-corrected chi connectivity index (χ2v) is 12.4. The molecule has 1 saturated heterocycles. The fraction of sp³-hybridized carbons (Fsp3) is 0.696. The highest BCUT2D eigenvalue weighted by molar-refractivity contribution is 7.87. The van der Waals surface area contributed by atoms with E-state index in [4.69, 9.17) is 4.74 Å². The fourth-order valence-corrected chi connectivity index (χ4v) is 8.03. The van der Waals surface area contributed by atoms with Crippen LogP contribution in [0.5, 0.6) is 5.75 Å². The third-order valence-electron chi connectivity index (χ3n) is 8.46. The standard InChI is InChI=1S/C23H29FN2O4S/c1-23-11-13-7-15(12-23)21(18(23)8-13)30-20-10-19(24)17(9-16(20)14-3-4-14)22(27)25-31(28,29)26-5-2-6-26/h9-10,13-15,18,21H,2-8,11-12H2,1H3,(H,25,27)/t13?,15?,18?,21-,23+/m1/s1. The van der Waals surface area contributed by atoms with Crippen LogP contribution in [0.4, 0.5) is 4.39 Å². The molecule has 4 bridgehead atoms. The highest BCUT2D eigenvalue weighted by atomic mass is 32.2. The number of carbonyl (C=O) groups excluding carboxylic acids is 1. The second-order valence-electron chi connectivity index (χ2n) is 10.7. The molecule has 5 saturated carbocycles. The number of nitrogens with one attached hydrogen (secondary N) is 1. The van der Waals surface area contributed by atoms with Crippen LogP contribution in [0, 0.1) is 29.0 Å². The summed E-state index contributed by atoms with van der Waals surface area (Å²) in [6, 6.07) is 2.84. The molecule has 5 atom stereocenters. The van der Waals surface area contributed by atoms with Gasteiger partial charge in [-0.1, -0.05) is 6.92 Å². The van der Waals surface area contributed by atoms with Crippen LogP contribution < -0.4 is 9.46 Å². The van der Waals surface area contributed by atoms with Crippen molar-refractivity contribution < 1.29 is 22.3 Å². The quantitative estimate of drug-likeness (QED) is 0.722. The maximum atomic E-state index is 15.0. The summed E-state index contributed by atoms with van der Waals surface area (Å²) < 4.78 is 49.3. The minimum absolute atomic E-state index is 0.118. The second kappa shape index (κ2) is 6.67. The van der Waals surface area contributed by atoms with Crippen molar-refractivity contribution in [3.05, 3.63) is 29.1 Å². The summed E-state index contributed by atoms with van der Waals surface area (Å²) in [4.78, 5) is 12.6. The molecule has 1 aromatic carbocycles. The molecule has 31 heavy (non-hydrogen) atoms. The van der Waals surface area contributed by atoms with Crippen LogP contribution in [0.1, 0.15) is 73.7 Å². The first kappa shape index (κ1) is 20.0. The molecule has 5 aliphatic carbocycles. The maximum Gasteiger partial charge on any atom is 0.304 e. The van der Waals surface area contributed by atoms with Crippen molar-refractivity contribution in [1.82, 2.24) is 9.03 Å². The lowest BCUT2D eigenvalue weighted by molar-refractivity contribution is 0.0715. The van der Waals surface area contributed by atoms with Crippen LogP contribution in [0.2, 0.25) is 0 Å². The molecule has 1 aromatic rings. The first-order valence-corrected chi connectivity index (χ1v) is 13.0. The number of ether oxygens (including phenoxy) is 1. The molecule has 3 unspecified atom stereocenters. The average molecular weight is 449 g/mol. The van der Waals surface area contributed by atoms with Crippen LogP contribution in [0.3, 0.4) is 0 Å². The van der Waals surface area contributed by atoms with Crippen LogP contribution in [-0.2, 0) is 10.2 Å². The van der Waals surface area contributed by atoms with E-state index in [1.54, 1.807) is 0 Å². The summed E-state index contributed by atoms with van der Waals surface area (Å²) >= 11 is 0. The summed E-state index contributed by atoms with van der Waals surface area (Å²) in [6.07, 6.45) is 7.72. The van der Waals surface area contributed by atoms with Crippen LogP contribution in [0.15, 0.2) is 12.1 Å². The Kier molecular flexibility index (Phi) is 4.30. The van der Waals surface area contributed by atoms with E-state index in [9.17, 15) is 13.2 Å². The predicted octanol–water partition coefficient (Wildman–Crippen LogP) is 3.59. The molecule has 8 heteroatoms. The fourth-order valence-electron chi connectivity index (χ4n) is 6.82. The molecule has 1 N–H and O–H groups in total. The van der Waals surface area contributed by atoms with Gasteiger partial charge in [0.25, 0.3) is 5.91 Å². The van der Waals surface area contributed by atoms with Gasteiger partial charge in [-0.05, 0) is 79.7 Å². The molecule has 0 aromatic heterocycles. The van der Waals surface area contributed by atoms with Crippen molar-refractivity contribution in [2.75, 3.05) is 13.1 Å². The normalized spacial score (nSPS) is 36.5. The number of nitrogens with zero attached hydrogens (tertiary/aromatic N) is 1. The van der Waals surface area contributed by atoms with Gasteiger partial charge in [-0.3, -0.25) is 4.79 Å². The Morgan fingerprint density at radius 2 is 2.00 bits per heavy atom. The average Bonchev–Trinajstić information content (AvgIpc) is 3.40. The zero-order valence-corrected chi connectivity index (χ0v) is 18.6.